The van der Waals surface area contributed by atoms with E-state index in [1.807, 2.05) is 25.1 Å². The summed E-state index contributed by atoms with van der Waals surface area (Å²) in [7, 11) is -3.22. The second-order valence-corrected chi connectivity index (χ2v) is 10.2. The maximum Gasteiger partial charge on any atom is 0.175 e. The topological polar surface area (TPSA) is 66.8 Å². The Kier molecular flexibility index (Phi) is 6.34. The maximum atomic E-state index is 11.5. The van der Waals surface area contributed by atoms with E-state index in [0.29, 0.717) is 18.9 Å². The van der Waals surface area contributed by atoms with Crippen molar-refractivity contribution in [1.82, 2.24) is 4.90 Å². The molecule has 0 amide bonds. The Morgan fingerprint density at radius 2 is 1.96 bits per heavy atom. The van der Waals surface area contributed by atoms with Gasteiger partial charge in [-0.1, -0.05) is 23.7 Å². The van der Waals surface area contributed by atoms with Crippen LogP contribution in [0.2, 0.25) is 5.02 Å². The molecule has 2 atom stereocenters. The molecule has 3 rings (SSSR count). The van der Waals surface area contributed by atoms with Crippen LogP contribution in [0.5, 0.6) is 5.75 Å². The number of ether oxygens (including phenoxy) is 1. The van der Waals surface area contributed by atoms with Gasteiger partial charge in [-0.05, 0) is 55.3 Å². The van der Waals surface area contributed by atoms with Gasteiger partial charge in [0.1, 0.15) is 5.75 Å². The maximum absolute atomic E-state index is 11.5. The van der Waals surface area contributed by atoms with Crippen LogP contribution >= 0.6 is 11.6 Å². The Morgan fingerprint density at radius 3 is 2.61 bits per heavy atom. The highest BCUT2D eigenvalue weighted by Gasteiger charge is 2.41. The molecule has 0 radical (unpaired) electrons. The predicted octanol–water partition coefficient (Wildman–Crippen LogP) is 3.05. The highest BCUT2D eigenvalue weighted by Crippen LogP contribution is 2.29. The van der Waals surface area contributed by atoms with Crippen molar-refractivity contribution in [2.45, 2.75) is 23.8 Å². The second-order valence-electron chi connectivity index (χ2n) is 7.72. The molecule has 1 fully saturated rings. The Labute approximate surface area is 171 Å². The summed E-state index contributed by atoms with van der Waals surface area (Å²) < 4.78 is 28.9. The van der Waals surface area contributed by atoms with Crippen LogP contribution in [0.4, 0.5) is 0 Å². The molecule has 2 aromatic rings. The minimum absolute atomic E-state index is 0.0264. The van der Waals surface area contributed by atoms with Crippen LogP contribution in [-0.2, 0) is 16.3 Å². The third kappa shape index (κ3) is 5.47. The lowest BCUT2D eigenvalue weighted by molar-refractivity contribution is 0.0136. The molecule has 1 aliphatic heterocycles. The number of benzene rings is 2. The molecule has 5 nitrogen and oxygen atoms in total. The smallest absolute Gasteiger partial charge is 0.175 e. The first-order valence-electron chi connectivity index (χ1n) is 9.25. The van der Waals surface area contributed by atoms with Crippen molar-refractivity contribution in [3.8, 4) is 5.75 Å². The second kappa shape index (κ2) is 8.41. The molecular formula is C21H26ClNO4S. The molecule has 2 aromatic carbocycles. The van der Waals surface area contributed by atoms with Crippen LogP contribution in [0, 0.1) is 5.92 Å². The molecule has 1 saturated heterocycles. The number of hydrogen-bond donors (Lipinski definition) is 1. The normalized spacial score (nSPS) is 23.1. The Bertz CT molecular complexity index is 912. The summed E-state index contributed by atoms with van der Waals surface area (Å²) in [4.78, 5) is 2.50. The largest absolute Gasteiger partial charge is 0.493 e. The highest BCUT2D eigenvalue weighted by atomic mass is 35.5. The van der Waals surface area contributed by atoms with Crippen LogP contribution in [0.15, 0.2) is 53.4 Å². The summed E-state index contributed by atoms with van der Waals surface area (Å²) >= 11 is 6.04. The fourth-order valence-electron chi connectivity index (χ4n) is 3.52. The Hall–Kier alpha value is -1.60. The Balaban J connectivity index is 1.54. The van der Waals surface area contributed by atoms with Crippen molar-refractivity contribution >= 4 is 21.4 Å². The lowest BCUT2D eigenvalue weighted by Crippen LogP contribution is -2.37. The van der Waals surface area contributed by atoms with Gasteiger partial charge in [0.15, 0.2) is 9.84 Å². The molecule has 0 unspecified atom stereocenters. The lowest BCUT2D eigenvalue weighted by Gasteiger charge is -2.24. The fourth-order valence-corrected chi connectivity index (χ4v) is 4.36. The van der Waals surface area contributed by atoms with Crippen LogP contribution in [0.25, 0.3) is 0 Å². The van der Waals surface area contributed by atoms with E-state index in [1.165, 1.54) is 24.0 Å². The number of hydrogen-bond acceptors (Lipinski definition) is 5. The van der Waals surface area contributed by atoms with Crippen LogP contribution in [0.3, 0.4) is 0 Å². The summed E-state index contributed by atoms with van der Waals surface area (Å²) in [6, 6.07) is 14.2. The number of halogens is 1. The summed E-state index contributed by atoms with van der Waals surface area (Å²) in [6.07, 6.45) is 2.05. The molecule has 0 bridgehead atoms. The number of nitrogens with zero attached hydrogens (tertiary/aromatic N) is 1. The third-order valence-electron chi connectivity index (χ3n) is 5.21. The third-order valence-corrected chi connectivity index (χ3v) is 6.57. The van der Waals surface area contributed by atoms with Gasteiger partial charge in [0.05, 0.1) is 17.1 Å². The molecule has 1 heterocycles. The Morgan fingerprint density at radius 1 is 1.25 bits per heavy atom. The van der Waals surface area contributed by atoms with Crippen molar-refractivity contribution in [1.29, 1.82) is 0 Å². The molecule has 152 valence electrons. The average molecular weight is 424 g/mol. The monoisotopic (exact) mass is 423 g/mol. The van der Waals surface area contributed by atoms with E-state index in [-0.39, 0.29) is 10.8 Å². The van der Waals surface area contributed by atoms with Gasteiger partial charge in [0, 0.05) is 36.8 Å². The van der Waals surface area contributed by atoms with Crippen molar-refractivity contribution < 1.29 is 18.3 Å². The van der Waals surface area contributed by atoms with E-state index in [0.717, 1.165) is 24.5 Å². The number of likely N-dealkylation sites (tertiary alicyclic amines) is 1. The van der Waals surface area contributed by atoms with Crippen LogP contribution < -0.4 is 4.74 Å². The van der Waals surface area contributed by atoms with Crippen molar-refractivity contribution in [2.75, 3.05) is 32.5 Å². The van der Waals surface area contributed by atoms with E-state index in [4.69, 9.17) is 16.3 Å². The van der Waals surface area contributed by atoms with E-state index >= 15 is 0 Å². The lowest BCUT2D eigenvalue weighted by atomic mass is 9.94. The summed E-state index contributed by atoms with van der Waals surface area (Å²) in [5, 5.41) is 11.5. The van der Waals surface area contributed by atoms with Gasteiger partial charge >= 0.3 is 0 Å². The molecule has 1 aliphatic rings. The molecule has 28 heavy (non-hydrogen) atoms. The molecule has 0 aromatic heterocycles. The molecular weight excluding hydrogens is 398 g/mol. The number of rotatable bonds is 7. The standard InChI is InChI=1S/C21H26ClNO4S/c1-21(24)15-23(11-10-16-4-3-5-18(22)12-16)13-17(21)14-27-19-6-8-20(9-7-19)28(2,25)26/h3-9,12,17,24H,10-11,13-15H2,1-2H3/t17-,21+/m1/s1. The average Bonchev–Trinajstić information content (AvgIpc) is 2.91. The number of sulfone groups is 1. The summed E-state index contributed by atoms with van der Waals surface area (Å²) in [5.41, 5.74) is 0.346. The quantitative estimate of drug-likeness (QED) is 0.741. The molecule has 0 saturated carbocycles. The minimum Gasteiger partial charge on any atom is -0.493 e. The zero-order valence-electron chi connectivity index (χ0n) is 16.1. The molecule has 1 N–H and O–H groups in total. The van der Waals surface area contributed by atoms with E-state index in [2.05, 4.69) is 11.0 Å². The molecule has 0 spiro atoms. The van der Waals surface area contributed by atoms with Crippen molar-refractivity contribution in [3.05, 3.63) is 59.1 Å². The molecule has 7 heteroatoms. The first-order chi connectivity index (χ1) is 13.1. The van der Waals surface area contributed by atoms with E-state index < -0.39 is 15.4 Å². The summed E-state index contributed by atoms with van der Waals surface area (Å²) in [5.74, 6) is 0.571. The van der Waals surface area contributed by atoms with E-state index in [1.54, 1.807) is 12.1 Å². The summed E-state index contributed by atoms with van der Waals surface area (Å²) in [6.45, 7) is 4.39. The van der Waals surface area contributed by atoms with Gasteiger partial charge < -0.3 is 9.84 Å². The first-order valence-corrected chi connectivity index (χ1v) is 11.5. The van der Waals surface area contributed by atoms with Crippen molar-refractivity contribution in [3.63, 3.8) is 0 Å². The van der Waals surface area contributed by atoms with Gasteiger partial charge in [-0.15, -0.1) is 0 Å². The van der Waals surface area contributed by atoms with Crippen LogP contribution in [0.1, 0.15) is 12.5 Å². The van der Waals surface area contributed by atoms with E-state index in [9.17, 15) is 13.5 Å². The molecule has 0 aliphatic carbocycles. The first kappa shape index (κ1) is 21.1. The highest BCUT2D eigenvalue weighted by molar-refractivity contribution is 7.90. The van der Waals surface area contributed by atoms with Gasteiger partial charge in [-0.3, -0.25) is 4.90 Å². The zero-order valence-corrected chi connectivity index (χ0v) is 17.7. The van der Waals surface area contributed by atoms with Gasteiger partial charge in [0.25, 0.3) is 0 Å². The van der Waals surface area contributed by atoms with Gasteiger partial charge in [-0.25, -0.2) is 8.42 Å². The number of β-amino-alcohol motifs (C(OH)–C–C–N with tert-alkyl or cyclic N) is 1. The zero-order chi connectivity index (χ0) is 20.4. The van der Waals surface area contributed by atoms with Gasteiger partial charge in [-0.2, -0.15) is 0 Å². The number of aliphatic hydroxyl groups is 1. The van der Waals surface area contributed by atoms with Crippen LogP contribution in [-0.4, -0.2) is 56.5 Å². The predicted molar refractivity (Wildman–Crippen MR) is 111 cm³/mol. The SMILES string of the molecule is C[C@]1(O)CN(CCc2cccc(Cl)c2)C[C@@H]1COc1ccc(S(C)(=O)=O)cc1. The fraction of sp³-hybridized carbons (Fsp3) is 0.429. The van der Waals surface area contributed by atoms with Crippen molar-refractivity contribution in [2.24, 2.45) is 5.92 Å². The minimum atomic E-state index is -3.22. The van der Waals surface area contributed by atoms with Gasteiger partial charge in [0.2, 0.25) is 0 Å².